The summed E-state index contributed by atoms with van der Waals surface area (Å²) < 4.78 is 5.75. The molecule has 0 atom stereocenters. The van der Waals surface area contributed by atoms with Gasteiger partial charge in [-0.05, 0) is 48.4 Å². The quantitative estimate of drug-likeness (QED) is 0.596. The molecule has 0 bridgehead atoms. The molecule has 4 nitrogen and oxygen atoms in total. The minimum absolute atomic E-state index is 0.00843. The predicted octanol–water partition coefficient (Wildman–Crippen LogP) is 4.30. The number of amides is 1. The third kappa shape index (κ3) is 3.90. The summed E-state index contributed by atoms with van der Waals surface area (Å²) in [5, 5.41) is 8.52. The number of aryl methyl sites for hydroxylation is 1. The van der Waals surface area contributed by atoms with E-state index in [1.54, 1.807) is 17.0 Å². The van der Waals surface area contributed by atoms with Crippen LogP contribution in [0.1, 0.15) is 11.1 Å². The molecule has 0 aromatic heterocycles. The number of nitriles is 1. The number of hydrogen-bond acceptors (Lipinski definition) is 5. The fourth-order valence-corrected chi connectivity index (χ4v) is 3.68. The van der Waals surface area contributed by atoms with E-state index < -0.39 is 0 Å². The van der Waals surface area contributed by atoms with Gasteiger partial charge in [0.05, 0.1) is 10.6 Å². The first-order valence-corrected chi connectivity index (χ1v) is 8.75. The Balaban J connectivity index is 1.82. The van der Waals surface area contributed by atoms with Crippen molar-refractivity contribution in [1.82, 2.24) is 0 Å². The minimum atomic E-state index is -0.120. The van der Waals surface area contributed by atoms with E-state index in [1.165, 1.54) is 11.8 Å². The molecule has 1 amide bonds. The van der Waals surface area contributed by atoms with Crippen molar-refractivity contribution < 1.29 is 9.53 Å². The molecule has 1 heterocycles. The number of nitrogens with zero attached hydrogens (tertiary/aromatic N) is 2. The fraction of sp³-hybridized carbons (Fsp3) is 0.105. The lowest BCUT2D eigenvalue weighted by atomic mass is 10.2. The number of anilines is 1. The third-order valence-electron chi connectivity index (χ3n) is 3.53. The second-order valence-corrected chi connectivity index (χ2v) is 7.05. The third-order valence-corrected chi connectivity index (χ3v) is 4.84. The molecule has 1 saturated heterocycles. The lowest BCUT2D eigenvalue weighted by Crippen LogP contribution is -2.27. The van der Waals surface area contributed by atoms with Gasteiger partial charge in [0.2, 0.25) is 0 Å². The molecule has 0 saturated carbocycles. The smallest absolute Gasteiger partial charge is 0.270 e. The average Bonchev–Trinajstić information content (AvgIpc) is 2.88. The predicted molar refractivity (Wildman–Crippen MR) is 104 cm³/mol. The van der Waals surface area contributed by atoms with E-state index in [0.717, 1.165) is 16.8 Å². The van der Waals surface area contributed by atoms with Gasteiger partial charge in [0.15, 0.2) is 10.9 Å². The molecule has 0 N–H and O–H groups in total. The molecule has 0 radical (unpaired) electrons. The summed E-state index contributed by atoms with van der Waals surface area (Å²) in [4.78, 5) is 14.9. The normalized spacial score (nSPS) is 15.5. The number of ether oxygens (including phenoxy) is 1. The van der Waals surface area contributed by atoms with Crippen LogP contribution < -0.4 is 9.64 Å². The van der Waals surface area contributed by atoms with Gasteiger partial charge < -0.3 is 4.74 Å². The molecule has 2 aromatic carbocycles. The van der Waals surface area contributed by atoms with Gasteiger partial charge in [-0.3, -0.25) is 9.69 Å². The molecule has 1 aliphatic heterocycles. The van der Waals surface area contributed by atoms with E-state index in [4.69, 9.17) is 22.2 Å². The summed E-state index contributed by atoms with van der Waals surface area (Å²) in [5.41, 5.74) is 2.73. The van der Waals surface area contributed by atoms with Crippen molar-refractivity contribution in [2.45, 2.75) is 6.92 Å². The zero-order chi connectivity index (χ0) is 17.8. The molecule has 0 spiro atoms. The number of carbonyl (C=O) groups is 1. The van der Waals surface area contributed by atoms with E-state index in [2.05, 4.69) is 0 Å². The summed E-state index contributed by atoms with van der Waals surface area (Å²) in [5.74, 6) is 0.497. The molecule has 0 unspecified atom stereocenters. The Morgan fingerprint density at radius 3 is 2.72 bits per heavy atom. The van der Waals surface area contributed by atoms with Crippen LogP contribution in [0.25, 0.3) is 6.08 Å². The first-order chi connectivity index (χ1) is 12.1. The zero-order valence-electron chi connectivity index (χ0n) is 13.4. The van der Waals surface area contributed by atoms with Gasteiger partial charge in [-0.25, -0.2) is 0 Å². The van der Waals surface area contributed by atoms with Gasteiger partial charge in [0.1, 0.15) is 11.8 Å². The zero-order valence-corrected chi connectivity index (χ0v) is 15.1. The molecule has 1 aliphatic rings. The van der Waals surface area contributed by atoms with Crippen molar-refractivity contribution in [2.75, 3.05) is 11.5 Å². The summed E-state index contributed by atoms with van der Waals surface area (Å²) in [7, 11) is 0. The molecule has 2 aromatic rings. The van der Waals surface area contributed by atoms with E-state index >= 15 is 0 Å². The number of thiocarbonyl (C=S) groups is 1. The Kier molecular flexibility index (Phi) is 5.17. The average molecular weight is 366 g/mol. The van der Waals surface area contributed by atoms with Crippen molar-refractivity contribution >= 4 is 46.0 Å². The Morgan fingerprint density at radius 1 is 1.28 bits per heavy atom. The van der Waals surface area contributed by atoms with Crippen LogP contribution in [-0.2, 0) is 4.79 Å². The van der Waals surface area contributed by atoms with Gasteiger partial charge >= 0.3 is 0 Å². The van der Waals surface area contributed by atoms with E-state index in [0.29, 0.717) is 15.0 Å². The van der Waals surface area contributed by atoms with Crippen LogP contribution in [0.4, 0.5) is 5.69 Å². The maximum Gasteiger partial charge on any atom is 0.270 e. The van der Waals surface area contributed by atoms with Crippen molar-refractivity contribution in [3.63, 3.8) is 0 Å². The number of thioether (sulfide) groups is 1. The van der Waals surface area contributed by atoms with Gasteiger partial charge in [-0.15, -0.1) is 0 Å². The van der Waals surface area contributed by atoms with Gasteiger partial charge in [0.25, 0.3) is 5.91 Å². The lowest BCUT2D eigenvalue weighted by Gasteiger charge is -2.14. The highest BCUT2D eigenvalue weighted by Gasteiger charge is 2.33. The van der Waals surface area contributed by atoms with E-state index in [-0.39, 0.29) is 12.5 Å². The van der Waals surface area contributed by atoms with Crippen LogP contribution in [0.5, 0.6) is 5.75 Å². The van der Waals surface area contributed by atoms with Crippen molar-refractivity contribution in [3.8, 4) is 11.8 Å². The minimum Gasteiger partial charge on any atom is -0.479 e. The van der Waals surface area contributed by atoms with Crippen LogP contribution in [0.2, 0.25) is 0 Å². The SMILES string of the molecule is Cc1cccc(N2C(=O)/C(=C\c3ccc(OCC#N)cc3)SC2=S)c1. The lowest BCUT2D eigenvalue weighted by molar-refractivity contribution is -0.113. The van der Waals surface area contributed by atoms with Crippen LogP contribution in [0, 0.1) is 18.3 Å². The standard InChI is InChI=1S/C19H14N2O2S2/c1-13-3-2-4-15(11-13)21-18(22)17(25-19(21)24)12-14-5-7-16(8-6-14)23-10-9-20/h2-8,11-12H,10H2,1H3/b17-12+. The highest BCUT2D eigenvalue weighted by atomic mass is 32.2. The summed E-state index contributed by atoms with van der Waals surface area (Å²) in [6.45, 7) is 1.99. The molecule has 25 heavy (non-hydrogen) atoms. The monoisotopic (exact) mass is 366 g/mol. The number of rotatable bonds is 4. The maximum atomic E-state index is 12.7. The molecule has 0 aliphatic carbocycles. The molecular formula is C19H14N2O2S2. The van der Waals surface area contributed by atoms with Crippen LogP contribution in [0.15, 0.2) is 53.4 Å². The second kappa shape index (κ2) is 7.51. The highest BCUT2D eigenvalue weighted by Crippen LogP contribution is 2.36. The topological polar surface area (TPSA) is 53.3 Å². The molecule has 3 rings (SSSR count). The molecular weight excluding hydrogens is 352 g/mol. The fourth-order valence-electron chi connectivity index (χ4n) is 2.38. The second-order valence-electron chi connectivity index (χ2n) is 5.37. The van der Waals surface area contributed by atoms with Gasteiger partial charge in [-0.2, -0.15) is 5.26 Å². The highest BCUT2D eigenvalue weighted by molar-refractivity contribution is 8.27. The Labute approximate surface area is 155 Å². The van der Waals surface area contributed by atoms with Gasteiger partial charge in [0, 0.05) is 0 Å². The van der Waals surface area contributed by atoms with E-state index in [9.17, 15) is 4.79 Å². The Hall–Kier alpha value is -2.62. The van der Waals surface area contributed by atoms with Crippen LogP contribution in [0.3, 0.4) is 0 Å². The van der Waals surface area contributed by atoms with Gasteiger partial charge in [-0.1, -0.05) is 48.2 Å². The molecule has 124 valence electrons. The van der Waals surface area contributed by atoms with Crippen LogP contribution >= 0.6 is 24.0 Å². The maximum absolute atomic E-state index is 12.7. The van der Waals surface area contributed by atoms with Crippen molar-refractivity contribution in [1.29, 1.82) is 5.26 Å². The van der Waals surface area contributed by atoms with Crippen molar-refractivity contribution in [2.24, 2.45) is 0 Å². The number of carbonyl (C=O) groups excluding carboxylic acids is 1. The number of hydrogen-bond donors (Lipinski definition) is 0. The Bertz CT molecular complexity index is 898. The van der Waals surface area contributed by atoms with Crippen LogP contribution in [-0.4, -0.2) is 16.8 Å². The molecule has 1 fully saturated rings. The molecule has 6 heteroatoms. The summed E-state index contributed by atoms with van der Waals surface area (Å²) in [6.07, 6.45) is 1.81. The van der Waals surface area contributed by atoms with E-state index in [1.807, 2.05) is 55.5 Å². The summed E-state index contributed by atoms with van der Waals surface area (Å²) in [6, 6.07) is 16.8. The largest absolute Gasteiger partial charge is 0.479 e. The first kappa shape index (κ1) is 17.2. The first-order valence-electron chi connectivity index (χ1n) is 7.53. The summed E-state index contributed by atoms with van der Waals surface area (Å²) >= 11 is 6.67. The number of benzene rings is 2. The van der Waals surface area contributed by atoms with Crippen molar-refractivity contribution in [3.05, 3.63) is 64.6 Å². The Morgan fingerprint density at radius 2 is 2.04 bits per heavy atom.